The molecule has 0 spiro atoms. The highest BCUT2D eigenvalue weighted by atomic mass is 16.6. The average Bonchev–Trinajstić information content (AvgIpc) is 2.77. The quantitative estimate of drug-likeness (QED) is 0.473. The second-order valence-corrected chi connectivity index (χ2v) is 6.99. The van der Waals surface area contributed by atoms with Gasteiger partial charge in [0.1, 0.15) is 18.3 Å². The number of carbonyl (C=O) groups excluding carboxylic acids is 2. The summed E-state index contributed by atoms with van der Waals surface area (Å²) in [6.45, 7) is 11.1. The van der Waals surface area contributed by atoms with E-state index >= 15 is 0 Å². The molecule has 0 bridgehead atoms. The van der Waals surface area contributed by atoms with E-state index in [0.29, 0.717) is 0 Å². The van der Waals surface area contributed by atoms with Crippen molar-refractivity contribution in [1.82, 2.24) is 0 Å². The Bertz CT molecular complexity index is 664. The third-order valence-electron chi connectivity index (χ3n) is 4.49. The highest BCUT2D eigenvalue weighted by Crippen LogP contribution is 2.35. The van der Waals surface area contributed by atoms with Crippen LogP contribution < -0.4 is 0 Å². The molecule has 25 heavy (non-hydrogen) atoms. The van der Waals surface area contributed by atoms with Crippen LogP contribution in [0.25, 0.3) is 0 Å². The zero-order valence-corrected chi connectivity index (χ0v) is 15.2. The monoisotopic (exact) mass is 346 g/mol. The van der Waals surface area contributed by atoms with Crippen LogP contribution in [-0.2, 0) is 19.1 Å². The standard InChI is InChI=1S/C20H26O5/c1-11(2)9-16(21)25-19-13(4)8-6-7-12(3)10-15-17(18(19)22)14(5)20(23)24-15/h8-10,15,17-19,22H,5-7H2,1-4H3/b12-10+,13-8+/t15-,17+,18+,19+/m0/s1. The molecule has 1 fully saturated rings. The van der Waals surface area contributed by atoms with Gasteiger partial charge in [0.15, 0.2) is 0 Å². The minimum absolute atomic E-state index is 0.207. The summed E-state index contributed by atoms with van der Waals surface area (Å²) in [5.74, 6) is -1.69. The van der Waals surface area contributed by atoms with Gasteiger partial charge in [0.25, 0.3) is 0 Å². The molecule has 2 rings (SSSR count). The molecule has 136 valence electrons. The summed E-state index contributed by atoms with van der Waals surface area (Å²) < 4.78 is 10.9. The van der Waals surface area contributed by atoms with E-state index in [1.54, 1.807) is 13.8 Å². The maximum absolute atomic E-state index is 12.1. The number of rotatable bonds is 2. The number of carbonyl (C=O) groups is 2. The largest absolute Gasteiger partial charge is 0.454 e. The number of allylic oxidation sites excluding steroid dienone is 3. The SMILES string of the molecule is C=C1C(=O)O[C@H]2/C=C(\C)CC/C=C(\C)[C@@H](OC(=O)C=C(C)C)[C@H](O)[C@H]12. The van der Waals surface area contributed by atoms with E-state index in [4.69, 9.17) is 9.47 Å². The molecule has 2 aliphatic rings. The van der Waals surface area contributed by atoms with E-state index in [1.165, 1.54) is 6.08 Å². The molecule has 0 aromatic rings. The molecule has 1 heterocycles. The zero-order chi connectivity index (χ0) is 18.7. The maximum Gasteiger partial charge on any atom is 0.334 e. The fourth-order valence-electron chi connectivity index (χ4n) is 3.17. The molecule has 0 radical (unpaired) electrons. The third kappa shape index (κ3) is 4.48. The predicted octanol–water partition coefficient (Wildman–Crippen LogP) is 3.01. The van der Waals surface area contributed by atoms with E-state index in [0.717, 1.165) is 29.6 Å². The first-order valence-corrected chi connectivity index (χ1v) is 8.48. The Morgan fingerprint density at radius 1 is 1.40 bits per heavy atom. The van der Waals surface area contributed by atoms with Crippen molar-refractivity contribution in [1.29, 1.82) is 0 Å². The summed E-state index contributed by atoms with van der Waals surface area (Å²) in [4.78, 5) is 24.0. The Morgan fingerprint density at radius 3 is 2.72 bits per heavy atom. The fourth-order valence-corrected chi connectivity index (χ4v) is 3.17. The Kier molecular flexibility index (Phi) is 6.01. The van der Waals surface area contributed by atoms with Gasteiger partial charge in [-0.15, -0.1) is 0 Å². The van der Waals surface area contributed by atoms with Crippen LogP contribution >= 0.6 is 0 Å². The molecule has 4 atom stereocenters. The topological polar surface area (TPSA) is 72.8 Å². The molecule has 0 saturated carbocycles. The van der Waals surface area contributed by atoms with Crippen LogP contribution in [0.1, 0.15) is 40.5 Å². The first-order chi connectivity index (χ1) is 11.7. The van der Waals surface area contributed by atoms with Crippen LogP contribution in [0.3, 0.4) is 0 Å². The number of aliphatic hydroxyl groups is 1. The molecule has 5 nitrogen and oxygen atoms in total. The van der Waals surface area contributed by atoms with Crippen LogP contribution in [0.5, 0.6) is 0 Å². The first-order valence-electron chi connectivity index (χ1n) is 8.48. The number of hydrogen-bond acceptors (Lipinski definition) is 5. The van der Waals surface area contributed by atoms with E-state index < -0.39 is 36.2 Å². The van der Waals surface area contributed by atoms with Gasteiger partial charge in [-0.25, -0.2) is 9.59 Å². The van der Waals surface area contributed by atoms with Gasteiger partial charge in [-0.1, -0.05) is 23.8 Å². The van der Waals surface area contributed by atoms with Gasteiger partial charge in [-0.3, -0.25) is 0 Å². The Hall–Kier alpha value is -2.14. The minimum Gasteiger partial charge on any atom is -0.454 e. The van der Waals surface area contributed by atoms with Gasteiger partial charge in [0.2, 0.25) is 0 Å². The predicted molar refractivity (Wildman–Crippen MR) is 94.6 cm³/mol. The van der Waals surface area contributed by atoms with Gasteiger partial charge < -0.3 is 14.6 Å². The molecule has 0 amide bonds. The lowest BCUT2D eigenvalue weighted by Gasteiger charge is -2.30. The van der Waals surface area contributed by atoms with Gasteiger partial charge in [0.05, 0.1) is 5.92 Å². The maximum atomic E-state index is 12.1. The summed E-state index contributed by atoms with van der Waals surface area (Å²) in [5.41, 5.74) is 2.84. The van der Waals surface area contributed by atoms with Gasteiger partial charge in [-0.2, -0.15) is 0 Å². The van der Waals surface area contributed by atoms with Gasteiger partial charge in [-0.05, 0) is 52.2 Å². The molecule has 0 aromatic carbocycles. The average molecular weight is 346 g/mol. The van der Waals surface area contributed by atoms with Crippen molar-refractivity contribution >= 4 is 11.9 Å². The van der Waals surface area contributed by atoms with Crippen LogP contribution in [0.4, 0.5) is 0 Å². The highest BCUT2D eigenvalue weighted by molar-refractivity contribution is 5.91. The van der Waals surface area contributed by atoms with E-state index in [-0.39, 0.29) is 5.57 Å². The van der Waals surface area contributed by atoms with E-state index in [9.17, 15) is 14.7 Å². The van der Waals surface area contributed by atoms with Crippen LogP contribution in [0.15, 0.2) is 47.1 Å². The van der Waals surface area contributed by atoms with Crippen molar-refractivity contribution < 1.29 is 24.2 Å². The molecule has 1 saturated heterocycles. The lowest BCUT2D eigenvalue weighted by molar-refractivity contribution is -0.149. The fraction of sp³-hybridized carbons (Fsp3) is 0.500. The molecule has 0 unspecified atom stereocenters. The molecule has 1 N–H and O–H groups in total. The van der Waals surface area contributed by atoms with Crippen molar-refractivity contribution in [3.8, 4) is 0 Å². The normalized spacial score (nSPS) is 34.0. The van der Waals surface area contributed by atoms with Crippen LogP contribution in [0.2, 0.25) is 0 Å². The Morgan fingerprint density at radius 2 is 2.08 bits per heavy atom. The minimum atomic E-state index is -1.11. The van der Waals surface area contributed by atoms with E-state index in [1.807, 2.05) is 26.0 Å². The second kappa shape index (κ2) is 7.83. The molecular weight excluding hydrogens is 320 g/mol. The number of esters is 2. The summed E-state index contributed by atoms with van der Waals surface area (Å²) in [6, 6.07) is 0. The number of aliphatic hydroxyl groups excluding tert-OH is 1. The lowest BCUT2D eigenvalue weighted by atomic mass is 9.84. The van der Waals surface area contributed by atoms with Gasteiger partial charge >= 0.3 is 11.9 Å². The molecular formula is C20H26O5. The van der Waals surface area contributed by atoms with Gasteiger partial charge in [0, 0.05) is 11.6 Å². The molecule has 0 aromatic heterocycles. The van der Waals surface area contributed by atoms with Crippen molar-refractivity contribution in [3.05, 3.63) is 47.1 Å². The van der Waals surface area contributed by atoms with Crippen molar-refractivity contribution in [2.75, 3.05) is 0 Å². The summed E-state index contributed by atoms with van der Waals surface area (Å²) in [7, 11) is 0. The van der Waals surface area contributed by atoms with Crippen molar-refractivity contribution in [3.63, 3.8) is 0 Å². The smallest absolute Gasteiger partial charge is 0.334 e. The summed E-state index contributed by atoms with van der Waals surface area (Å²) in [5, 5.41) is 10.9. The summed E-state index contributed by atoms with van der Waals surface area (Å²) >= 11 is 0. The highest BCUT2D eigenvalue weighted by Gasteiger charge is 2.46. The molecule has 1 aliphatic carbocycles. The second-order valence-electron chi connectivity index (χ2n) is 6.99. The van der Waals surface area contributed by atoms with Crippen molar-refractivity contribution in [2.24, 2.45) is 5.92 Å². The Balaban J connectivity index is 2.39. The number of hydrogen-bond donors (Lipinski definition) is 1. The molecule has 5 heteroatoms. The van der Waals surface area contributed by atoms with Crippen LogP contribution in [-0.4, -0.2) is 35.4 Å². The van der Waals surface area contributed by atoms with E-state index in [2.05, 4.69) is 6.58 Å². The third-order valence-corrected chi connectivity index (χ3v) is 4.49. The number of fused-ring (bicyclic) bond motifs is 1. The van der Waals surface area contributed by atoms with Crippen LogP contribution in [0, 0.1) is 5.92 Å². The summed E-state index contributed by atoms with van der Waals surface area (Å²) in [6.07, 6.45) is 4.19. The zero-order valence-electron chi connectivity index (χ0n) is 15.2. The lowest BCUT2D eigenvalue weighted by Crippen LogP contribution is -2.41. The first kappa shape index (κ1) is 19.2. The van der Waals surface area contributed by atoms with Crippen molar-refractivity contribution in [2.45, 2.75) is 58.8 Å². The number of ether oxygens (including phenoxy) is 2. The Labute approximate surface area is 148 Å². The molecule has 1 aliphatic heterocycles.